The molecule has 4 heteroatoms. The summed E-state index contributed by atoms with van der Waals surface area (Å²) in [6.07, 6.45) is 0. The van der Waals surface area contributed by atoms with Crippen molar-refractivity contribution in [1.29, 1.82) is 0 Å². The average molecular weight is 1100 g/mol. The summed E-state index contributed by atoms with van der Waals surface area (Å²) in [5.41, 5.74) is 28.2. The van der Waals surface area contributed by atoms with E-state index in [1.807, 2.05) is 0 Å². The Hall–Kier alpha value is -7.56. The number of nitrogens with zero attached hydrogens (tertiary/aromatic N) is 3. The molecule has 84 heavy (non-hydrogen) atoms. The Balaban J connectivity index is 1.27. The number of benzene rings is 9. The van der Waals surface area contributed by atoms with E-state index >= 15 is 0 Å². The molecule has 0 unspecified atom stereocenters. The van der Waals surface area contributed by atoms with E-state index in [9.17, 15) is 0 Å². The first-order chi connectivity index (χ1) is 39.3. The van der Waals surface area contributed by atoms with Crippen LogP contribution in [0.15, 0.2) is 188 Å². The SMILES string of the molecule is CC(C)(C)c1ccc(N(c2ccc(C(C)(C)C)cc2)c2cc3c4c(c2)N(c2ccc(C(C)(C)C)cc2-c2ccccc2)c2cc5c(cc2B4c2cc(C(C)(C)C)ccc2N3c2ccc(C(C)(C)C)cc2)C(C)(C)c2ccccc2C5(C)C)cc1. The molecular formula is C80H88BN3. The van der Waals surface area contributed by atoms with Crippen LogP contribution in [0.25, 0.3) is 11.1 Å². The van der Waals surface area contributed by atoms with Gasteiger partial charge in [-0.1, -0.05) is 247 Å². The molecule has 1 aliphatic carbocycles. The number of fused-ring (bicyclic) bond motifs is 6. The van der Waals surface area contributed by atoms with Crippen LogP contribution in [-0.4, -0.2) is 6.71 Å². The van der Waals surface area contributed by atoms with Crippen LogP contribution in [0.5, 0.6) is 0 Å². The maximum Gasteiger partial charge on any atom is 0.252 e. The van der Waals surface area contributed by atoms with Crippen LogP contribution in [0.1, 0.15) is 182 Å². The molecule has 2 aliphatic heterocycles. The topological polar surface area (TPSA) is 9.72 Å². The lowest BCUT2D eigenvalue weighted by Crippen LogP contribution is -2.62. The number of anilines is 9. The van der Waals surface area contributed by atoms with Crippen molar-refractivity contribution < 1.29 is 0 Å². The normalized spacial score (nSPS) is 15.2. The van der Waals surface area contributed by atoms with Crippen LogP contribution in [0.3, 0.4) is 0 Å². The van der Waals surface area contributed by atoms with Crippen molar-refractivity contribution in [3.63, 3.8) is 0 Å². The van der Waals surface area contributed by atoms with Crippen molar-refractivity contribution >= 4 is 74.3 Å². The van der Waals surface area contributed by atoms with E-state index < -0.39 is 0 Å². The van der Waals surface area contributed by atoms with Crippen molar-refractivity contribution in [1.82, 2.24) is 0 Å². The third kappa shape index (κ3) is 9.51. The van der Waals surface area contributed by atoms with Gasteiger partial charge in [0.15, 0.2) is 0 Å². The van der Waals surface area contributed by atoms with E-state index in [0.717, 1.165) is 28.4 Å². The molecule has 426 valence electrons. The van der Waals surface area contributed by atoms with Gasteiger partial charge in [-0.05, 0) is 172 Å². The van der Waals surface area contributed by atoms with Gasteiger partial charge in [0.05, 0.1) is 11.4 Å². The third-order valence-electron chi connectivity index (χ3n) is 19.1. The highest BCUT2D eigenvalue weighted by Crippen LogP contribution is 2.55. The second kappa shape index (κ2) is 19.5. The van der Waals surface area contributed by atoms with E-state index in [1.54, 1.807) is 0 Å². The number of hydrogen-bond donors (Lipinski definition) is 0. The summed E-state index contributed by atoms with van der Waals surface area (Å²) in [6.45, 7) is 44.6. The second-order valence-corrected chi connectivity index (χ2v) is 30.9. The molecule has 3 aliphatic rings. The monoisotopic (exact) mass is 1100 g/mol. The van der Waals surface area contributed by atoms with Gasteiger partial charge >= 0.3 is 0 Å². The standard InChI is InChI=1S/C80H88BN3/c1-74(2,3)52-29-37-57(38-30-52)82(58-39-31-53(32-40-58)75(4,5)6)60-47-71-73-72(48-60)84(68-43-35-55(77(10,11)12)45-61(68)51-25-21-20-22-26-51)70-50-65-64(79(16,17)62-27-23-24-28-63(62)80(65,18)19)49-67(70)81(73)66-46-56(78(13,14)15)36-44-69(66)83(71)59-41-33-54(34-42-59)76(7,8)9/h20-50H,1-19H3. The molecule has 9 aromatic rings. The fourth-order valence-electron chi connectivity index (χ4n) is 13.9. The van der Waals surface area contributed by atoms with Crippen LogP contribution >= 0.6 is 0 Å². The quantitative estimate of drug-likeness (QED) is 0.154. The average Bonchev–Trinajstić information content (AvgIpc) is 0.696. The molecule has 12 rings (SSSR count). The van der Waals surface area contributed by atoms with Crippen LogP contribution < -0.4 is 31.1 Å². The minimum absolute atomic E-state index is 0.00997. The lowest BCUT2D eigenvalue weighted by atomic mass is 9.33. The Morgan fingerprint density at radius 1 is 0.321 bits per heavy atom. The minimum atomic E-state index is -0.289. The molecule has 9 aromatic carbocycles. The van der Waals surface area contributed by atoms with Gasteiger partial charge in [-0.3, -0.25) is 0 Å². The highest BCUT2D eigenvalue weighted by Gasteiger charge is 2.49. The van der Waals surface area contributed by atoms with Gasteiger partial charge in [-0.2, -0.15) is 0 Å². The molecule has 0 radical (unpaired) electrons. The second-order valence-electron chi connectivity index (χ2n) is 30.9. The summed E-state index contributed by atoms with van der Waals surface area (Å²) in [6, 6.07) is 73.8. The molecule has 0 amide bonds. The largest absolute Gasteiger partial charge is 0.311 e. The van der Waals surface area contributed by atoms with Crippen molar-refractivity contribution in [2.24, 2.45) is 0 Å². The zero-order valence-electron chi connectivity index (χ0n) is 53.8. The number of hydrogen-bond acceptors (Lipinski definition) is 3. The fourth-order valence-corrected chi connectivity index (χ4v) is 13.9. The first-order valence-electron chi connectivity index (χ1n) is 30.9. The molecule has 3 nitrogen and oxygen atoms in total. The molecule has 2 heterocycles. The molecular weight excluding hydrogens is 1010 g/mol. The van der Waals surface area contributed by atoms with E-state index in [-0.39, 0.29) is 44.6 Å². The zero-order chi connectivity index (χ0) is 60.0. The predicted molar refractivity (Wildman–Crippen MR) is 365 cm³/mol. The van der Waals surface area contributed by atoms with Crippen molar-refractivity contribution in [2.45, 2.75) is 169 Å². The minimum Gasteiger partial charge on any atom is -0.311 e. The van der Waals surface area contributed by atoms with Crippen molar-refractivity contribution in [2.75, 3.05) is 14.7 Å². The Labute approximate surface area is 504 Å². The summed E-state index contributed by atoms with van der Waals surface area (Å²) in [5.74, 6) is 0. The summed E-state index contributed by atoms with van der Waals surface area (Å²) in [4.78, 5) is 7.84. The van der Waals surface area contributed by atoms with Crippen molar-refractivity contribution in [3.8, 4) is 11.1 Å². The van der Waals surface area contributed by atoms with E-state index in [0.29, 0.717) is 0 Å². The van der Waals surface area contributed by atoms with Crippen LogP contribution in [-0.2, 0) is 37.9 Å². The van der Waals surface area contributed by atoms with Gasteiger partial charge < -0.3 is 14.7 Å². The van der Waals surface area contributed by atoms with Gasteiger partial charge in [0.1, 0.15) is 0 Å². The smallest absolute Gasteiger partial charge is 0.252 e. The molecule has 0 N–H and O–H groups in total. The van der Waals surface area contributed by atoms with E-state index in [1.165, 1.54) is 100 Å². The Morgan fingerprint density at radius 2 is 0.726 bits per heavy atom. The fraction of sp³-hybridized carbons (Fsp3) is 0.325. The van der Waals surface area contributed by atoms with Gasteiger partial charge in [-0.25, -0.2) is 0 Å². The van der Waals surface area contributed by atoms with Crippen LogP contribution in [0, 0.1) is 0 Å². The van der Waals surface area contributed by atoms with Gasteiger partial charge in [0.25, 0.3) is 6.71 Å². The maximum absolute atomic E-state index is 2.70. The Morgan fingerprint density at radius 3 is 1.21 bits per heavy atom. The van der Waals surface area contributed by atoms with Crippen LogP contribution in [0.2, 0.25) is 0 Å². The first-order valence-corrected chi connectivity index (χ1v) is 30.9. The lowest BCUT2D eigenvalue weighted by molar-refractivity contribution is 0.521. The van der Waals surface area contributed by atoms with E-state index in [2.05, 4.69) is 334 Å². The van der Waals surface area contributed by atoms with E-state index in [4.69, 9.17) is 0 Å². The molecule has 0 atom stereocenters. The van der Waals surface area contributed by atoms with Gasteiger partial charge in [0, 0.05) is 56.2 Å². The first kappa shape index (κ1) is 56.9. The van der Waals surface area contributed by atoms with Crippen molar-refractivity contribution in [3.05, 3.63) is 238 Å². The van der Waals surface area contributed by atoms with Crippen LogP contribution in [0.4, 0.5) is 51.2 Å². The molecule has 0 bridgehead atoms. The summed E-state index contributed by atoms with van der Waals surface area (Å²) in [7, 11) is 0. The molecule has 0 aromatic heterocycles. The maximum atomic E-state index is 2.70. The highest BCUT2D eigenvalue weighted by atomic mass is 15.2. The van der Waals surface area contributed by atoms with Gasteiger partial charge in [-0.15, -0.1) is 0 Å². The predicted octanol–water partition coefficient (Wildman–Crippen LogP) is 20.4. The van der Waals surface area contributed by atoms with Gasteiger partial charge in [0.2, 0.25) is 0 Å². The molecule has 0 spiro atoms. The highest BCUT2D eigenvalue weighted by molar-refractivity contribution is 7.00. The summed E-state index contributed by atoms with van der Waals surface area (Å²) >= 11 is 0. The Bertz CT molecular complexity index is 3960. The summed E-state index contributed by atoms with van der Waals surface area (Å²) < 4.78 is 0. The molecule has 0 saturated heterocycles. The zero-order valence-corrected chi connectivity index (χ0v) is 53.8. The third-order valence-corrected chi connectivity index (χ3v) is 19.1. The number of rotatable bonds is 6. The summed E-state index contributed by atoms with van der Waals surface area (Å²) in [5, 5.41) is 0. The molecule has 0 saturated carbocycles. The Kier molecular flexibility index (Phi) is 13.2. The lowest BCUT2D eigenvalue weighted by Gasteiger charge is -2.48. The molecule has 0 fully saturated rings.